The molecule has 120 valence electrons. The smallest absolute Gasteiger partial charge is 0.126 e. The van der Waals surface area contributed by atoms with E-state index in [9.17, 15) is 0 Å². The molecule has 2 nitrogen and oxygen atoms in total. The highest BCUT2D eigenvalue weighted by atomic mass is 16.5. The third kappa shape index (κ3) is 3.65. The van der Waals surface area contributed by atoms with Crippen molar-refractivity contribution < 1.29 is 9.47 Å². The average Bonchev–Trinajstić information content (AvgIpc) is 2.60. The van der Waals surface area contributed by atoms with Crippen molar-refractivity contribution >= 4 is 0 Å². The number of methoxy groups -OCH3 is 2. The van der Waals surface area contributed by atoms with Crippen LogP contribution in [0.5, 0.6) is 11.5 Å². The van der Waals surface area contributed by atoms with Crippen LogP contribution in [-0.4, -0.2) is 14.2 Å². The van der Waals surface area contributed by atoms with Crippen LogP contribution < -0.4 is 9.47 Å². The molecule has 0 aromatic heterocycles. The number of allylic oxidation sites excluding steroid dienone is 2. The van der Waals surface area contributed by atoms with Gasteiger partial charge in [0.2, 0.25) is 0 Å². The van der Waals surface area contributed by atoms with Crippen LogP contribution in [0.1, 0.15) is 24.0 Å². The zero-order valence-corrected chi connectivity index (χ0v) is 14.1. The van der Waals surface area contributed by atoms with Crippen LogP contribution in [0.3, 0.4) is 0 Å². The first-order valence-corrected chi connectivity index (χ1v) is 7.73. The van der Waals surface area contributed by atoms with Gasteiger partial charge in [-0.3, -0.25) is 0 Å². The number of ether oxygens (including phenoxy) is 2. The first-order valence-electron chi connectivity index (χ1n) is 7.73. The summed E-state index contributed by atoms with van der Waals surface area (Å²) in [6.45, 7) is 9.82. The minimum atomic E-state index is 0.215. The minimum absolute atomic E-state index is 0.215. The molecule has 0 bridgehead atoms. The maximum atomic E-state index is 5.54. The second kappa shape index (κ2) is 7.68. The van der Waals surface area contributed by atoms with E-state index in [2.05, 4.69) is 44.3 Å². The highest BCUT2D eigenvalue weighted by Gasteiger charge is 2.13. The van der Waals surface area contributed by atoms with Crippen molar-refractivity contribution in [3.05, 3.63) is 72.8 Å². The average molecular weight is 308 g/mol. The lowest BCUT2D eigenvalue weighted by Gasteiger charge is -2.16. The van der Waals surface area contributed by atoms with Gasteiger partial charge in [-0.15, -0.1) is 13.2 Å². The van der Waals surface area contributed by atoms with Crippen LogP contribution >= 0.6 is 0 Å². The first kappa shape index (κ1) is 16.9. The molecule has 1 atom stereocenters. The Hall–Kier alpha value is -2.48. The van der Waals surface area contributed by atoms with Crippen LogP contribution in [0, 0.1) is 0 Å². The number of benzene rings is 2. The quantitative estimate of drug-likeness (QED) is 0.639. The summed E-state index contributed by atoms with van der Waals surface area (Å²) in [7, 11) is 3.39. The highest BCUT2D eigenvalue weighted by molar-refractivity contribution is 5.73. The molecule has 0 heterocycles. The number of hydrogen-bond acceptors (Lipinski definition) is 2. The summed E-state index contributed by atoms with van der Waals surface area (Å²) in [5.41, 5.74) is 4.52. The van der Waals surface area contributed by atoms with Crippen molar-refractivity contribution in [2.24, 2.45) is 0 Å². The van der Waals surface area contributed by atoms with E-state index >= 15 is 0 Å². The molecule has 0 amide bonds. The van der Waals surface area contributed by atoms with Crippen LogP contribution in [0.15, 0.2) is 61.7 Å². The van der Waals surface area contributed by atoms with Gasteiger partial charge in [-0.2, -0.15) is 0 Å². The van der Waals surface area contributed by atoms with Gasteiger partial charge in [0.1, 0.15) is 11.5 Å². The van der Waals surface area contributed by atoms with Crippen molar-refractivity contribution in [1.82, 2.24) is 0 Å². The Morgan fingerprint density at radius 3 is 2.30 bits per heavy atom. The molecule has 23 heavy (non-hydrogen) atoms. The Morgan fingerprint density at radius 2 is 1.70 bits per heavy atom. The van der Waals surface area contributed by atoms with E-state index in [-0.39, 0.29) is 5.92 Å². The fraction of sp³-hybridized carbons (Fsp3) is 0.238. The lowest BCUT2D eigenvalue weighted by atomic mass is 9.94. The summed E-state index contributed by atoms with van der Waals surface area (Å²) < 4.78 is 11.0. The molecule has 1 unspecified atom stereocenters. The normalized spacial score (nSPS) is 11.6. The zero-order chi connectivity index (χ0) is 16.8. The molecule has 0 N–H and O–H groups in total. The van der Waals surface area contributed by atoms with E-state index in [1.54, 1.807) is 14.2 Å². The first-order chi connectivity index (χ1) is 11.1. The number of hydrogen-bond donors (Lipinski definition) is 0. The van der Waals surface area contributed by atoms with Crippen molar-refractivity contribution in [3.63, 3.8) is 0 Å². The molecular formula is C21H24O2. The van der Waals surface area contributed by atoms with Crippen molar-refractivity contribution in [2.75, 3.05) is 14.2 Å². The molecule has 0 saturated heterocycles. The maximum absolute atomic E-state index is 5.54. The Balaban J connectivity index is 2.58. The van der Waals surface area contributed by atoms with Crippen molar-refractivity contribution in [1.29, 1.82) is 0 Å². The molecule has 0 spiro atoms. The standard InChI is InChI=1S/C21H24O2/c1-6-8-16-9-11-21(23-5)19(13-16)17-10-12-20(22-4)18(14-17)15(3)7-2/h6-7,9-15H,1-2,8H2,3-5H3. The van der Waals surface area contributed by atoms with E-state index in [1.807, 2.05) is 24.3 Å². The molecule has 0 aliphatic rings. The summed E-state index contributed by atoms with van der Waals surface area (Å²) in [5.74, 6) is 1.95. The second-order valence-electron chi connectivity index (χ2n) is 5.51. The van der Waals surface area contributed by atoms with E-state index in [0.29, 0.717) is 0 Å². The second-order valence-corrected chi connectivity index (χ2v) is 5.51. The largest absolute Gasteiger partial charge is 0.496 e. The third-order valence-electron chi connectivity index (χ3n) is 4.03. The third-order valence-corrected chi connectivity index (χ3v) is 4.03. The van der Waals surface area contributed by atoms with Gasteiger partial charge in [-0.25, -0.2) is 0 Å². The molecule has 2 heteroatoms. The topological polar surface area (TPSA) is 18.5 Å². The molecule has 0 fully saturated rings. The molecular weight excluding hydrogens is 284 g/mol. The molecule has 2 aromatic rings. The van der Waals surface area contributed by atoms with E-state index in [1.165, 1.54) is 5.56 Å². The van der Waals surface area contributed by atoms with Gasteiger partial charge < -0.3 is 9.47 Å². The summed E-state index contributed by atoms with van der Waals surface area (Å²) >= 11 is 0. The molecule has 0 aliphatic heterocycles. The Labute approximate surface area is 139 Å². The van der Waals surface area contributed by atoms with E-state index < -0.39 is 0 Å². The van der Waals surface area contributed by atoms with E-state index in [0.717, 1.165) is 34.6 Å². The maximum Gasteiger partial charge on any atom is 0.126 e. The van der Waals surface area contributed by atoms with Gasteiger partial charge in [-0.05, 0) is 41.8 Å². The summed E-state index contributed by atoms with van der Waals surface area (Å²) in [5, 5.41) is 0. The SMILES string of the molecule is C=CCc1ccc(OC)c(-c2ccc(OC)c(C(C)C=C)c2)c1. The molecule has 0 radical (unpaired) electrons. The highest BCUT2D eigenvalue weighted by Crippen LogP contribution is 2.36. The summed E-state index contributed by atoms with van der Waals surface area (Å²) in [6, 6.07) is 12.5. The fourth-order valence-electron chi connectivity index (χ4n) is 2.66. The van der Waals surface area contributed by atoms with Crippen LogP contribution in [0.25, 0.3) is 11.1 Å². The summed E-state index contributed by atoms with van der Waals surface area (Å²) in [6.07, 6.45) is 4.67. The van der Waals surface area contributed by atoms with Gasteiger partial charge in [0.25, 0.3) is 0 Å². The Kier molecular flexibility index (Phi) is 5.64. The number of rotatable bonds is 7. The van der Waals surface area contributed by atoms with Gasteiger partial charge in [0.05, 0.1) is 14.2 Å². The minimum Gasteiger partial charge on any atom is -0.496 e. The monoisotopic (exact) mass is 308 g/mol. The molecule has 2 aromatic carbocycles. The Morgan fingerprint density at radius 1 is 1.00 bits per heavy atom. The lowest BCUT2D eigenvalue weighted by molar-refractivity contribution is 0.408. The van der Waals surface area contributed by atoms with Gasteiger partial charge in [0, 0.05) is 17.0 Å². The van der Waals surface area contributed by atoms with Crippen molar-refractivity contribution in [3.8, 4) is 22.6 Å². The molecule has 2 rings (SSSR count). The van der Waals surface area contributed by atoms with Crippen LogP contribution in [-0.2, 0) is 6.42 Å². The van der Waals surface area contributed by atoms with Crippen molar-refractivity contribution in [2.45, 2.75) is 19.3 Å². The fourth-order valence-corrected chi connectivity index (χ4v) is 2.66. The lowest BCUT2D eigenvalue weighted by Crippen LogP contribution is -1.97. The van der Waals surface area contributed by atoms with Gasteiger partial charge >= 0.3 is 0 Å². The van der Waals surface area contributed by atoms with Gasteiger partial charge in [0.15, 0.2) is 0 Å². The molecule has 0 saturated carbocycles. The predicted molar refractivity (Wildman–Crippen MR) is 97.5 cm³/mol. The van der Waals surface area contributed by atoms with Crippen LogP contribution in [0.4, 0.5) is 0 Å². The zero-order valence-electron chi connectivity index (χ0n) is 14.1. The molecule has 0 aliphatic carbocycles. The van der Waals surface area contributed by atoms with E-state index in [4.69, 9.17) is 9.47 Å². The summed E-state index contributed by atoms with van der Waals surface area (Å²) in [4.78, 5) is 0. The Bertz CT molecular complexity index is 701. The van der Waals surface area contributed by atoms with Gasteiger partial charge in [-0.1, -0.05) is 31.2 Å². The predicted octanol–water partition coefficient (Wildman–Crippen LogP) is 5.39. The van der Waals surface area contributed by atoms with Crippen LogP contribution in [0.2, 0.25) is 0 Å².